The molecule has 2 heterocycles. The molecule has 3 aromatic rings. The fraction of sp³-hybridized carbons (Fsp3) is 0.190. The predicted octanol–water partition coefficient (Wildman–Crippen LogP) is 2.57. The van der Waals surface area contributed by atoms with E-state index in [4.69, 9.17) is 4.42 Å². The summed E-state index contributed by atoms with van der Waals surface area (Å²) in [6.45, 7) is 3.79. The van der Waals surface area contributed by atoms with Crippen molar-refractivity contribution in [2.75, 3.05) is 12.4 Å². The molecule has 0 aliphatic carbocycles. The van der Waals surface area contributed by atoms with Crippen molar-refractivity contribution in [3.05, 3.63) is 69.6 Å². The van der Waals surface area contributed by atoms with E-state index in [-0.39, 0.29) is 11.3 Å². The van der Waals surface area contributed by atoms with E-state index in [1.54, 1.807) is 36.4 Å². The lowest BCUT2D eigenvalue weighted by Gasteiger charge is -2.31. The topological polar surface area (TPSA) is 103 Å². The molecule has 1 aliphatic heterocycles. The van der Waals surface area contributed by atoms with Gasteiger partial charge in [0.2, 0.25) is 5.43 Å². The van der Waals surface area contributed by atoms with Gasteiger partial charge in [-0.15, -0.1) is 4.31 Å². The van der Waals surface area contributed by atoms with Crippen molar-refractivity contribution in [2.45, 2.75) is 24.8 Å². The van der Waals surface area contributed by atoms with Crippen LogP contribution in [0.1, 0.15) is 21.5 Å². The van der Waals surface area contributed by atoms with Gasteiger partial charge in [-0.3, -0.25) is 14.4 Å². The smallest absolute Gasteiger partial charge is 0.254 e. The van der Waals surface area contributed by atoms with Gasteiger partial charge in [-0.1, -0.05) is 12.1 Å². The molecule has 1 amide bonds. The number of Topliss-reactive ketones (excluding diaryl/α,β-unsaturated/α-hetero) is 1. The first kappa shape index (κ1) is 19.4. The quantitative estimate of drug-likeness (QED) is 0.515. The number of carbonyl (C=O) groups excluding carboxylic acids is 2. The zero-order valence-electron chi connectivity index (χ0n) is 16.0. The summed E-state index contributed by atoms with van der Waals surface area (Å²) in [6.07, 6.45) is 1.16. The van der Waals surface area contributed by atoms with Gasteiger partial charge in [0.15, 0.2) is 16.7 Å². The number of anilines is 1. The van der Waals surface area contributed by atoms with Gasteiger partial charge in [0.1, 0.15) is 17.5 Å². The molecule has 8 heteroatoms. The first-order valence-electron chi connectivity index (χ1n) is 8.91. The second-order valence-corrected chi connectivity index (χ2v) is 8.47. The molecule has 29 heavy (non-hydrogen) atoms. The van der Waals surface area contributed by atoms with Crippen molar-refractivity contribution in [1.29, 1.82) is 0 Å². The lowest BCUT2D eigenvalue weighted by atomic mass is 10.0. The fourth-order valence-corrected chi connectivity index (χ4v) is 4.59. The Kier molecular flexibility index (Phi) is 4.77. The maximum Gasteiger partial charge on any atom is 0.254 e. The van der Waals surface area contributed by atoms with Gasteiger partial charge in [0, 0.05) is 7.05 Å². The molecule has 4 rings (SSSR count). The predicted molar refractivity (Wildman–Crippen MR) is 109 cm³/mol. The Labute approximate surface area is 169 Å². The highest BCUT2D eigenvalue weighted by Crippen LogP contribution is 2.29. The number of fused-ring (bicyclic) bond motifs is 2. The Bertz CT molecular complexity index is 1220. The molecule has 2 unspecified atom stereocenters. The molecular weight excluding hydrogens is 392 g/mol. The fourth-order valence-electron chi connectivity index (χ4n) is 3.34. The van der Waals surface area contributed by atoms with E-state index < -0.39 is 34.5 Å². The summed E-state index contributed by atoms with van der Waals surface area (Å²) in [5, 5.41) is 2.81. The molecule has 0 fully saturated rings. The lowest BCUT2D eigenvalue weighted by Crippen LogP contribution is -2.53. The second kappa shape index (κ2) is 7.14. The number of rotatable bonds is 2. The third-order valence-electron chi connectivity index (χ3n) is 5.11. The van der Waals surface area contributed by atoms with E-state index in [1.165, 1.54) is 11.4 Å². The van der Waals surface area contributed by atoms with Gasteiger partial charge in [-0.25, -0.2) is 0 Å². The highest BCUT2D eigenvalue weighted by Gasteiger charge is 2.45. The average molecular weight is 410 g/mol. The Hall–Kier alpha value is -2.94. The van der Waals surface area contributed by atoms with Gasteiger partial charge in [-0.2, -0.15) is 0 Å². The van der Waals surface area contributed by atoms with Crippen molar-refractivity contribution in [1.82, 2.24) is 4.31 Å². The molecule has 2 atom stereocenters. The van der Waals surface area contributed by atoms with Crippen LogP contribution in [0.4, 0.5) is 5.69 Å². The van der Waals surface area contributed by atoms with E-state index in [0.29, 0.717) is 15.9 Å². The van der Waals surface area contributed by atoms with Gasteiger partial charge < -0.3 is 14.3 Å². The van der Waals surface area contributed by atoms with Crippen LogP contribution >= 0.6 is 0 Å². The van der Waals surface area contributed by atoms with Crippen LogP contribution < -0.4 is 10.7 Å². The summed E-state index contributed by atoms with van der Waals surface area (Å²) < 4.78 is 19.4. The molecule has 1 aliphatic rings. The Morgan fingerprint density at radius 3 is 2.62 bits per heavy atom. The van der Waals surface area contributed by atoms with Crippen LogP contribution in [0, 0.1) is 13.8 Å². The van der Waals surface area contributed by atoms with Crippen LogP contribution in [0.3, 0.4) is 0 Å². The molecule has 0 bridgehead atoms. The number of nitrogens with zero attached hydrogens (tertiary/aromatic N) is 1. The third-order valence-corrected chi connectivity index (χ3v) is 6.58. The van der Waals surface area contributed by atoms with Crippen LogP contribution in [0.15, 0.2) is 56.8 Å². The molecule has 0 radical (unpaired) electrons. The van der Waals surface area contributed by atoms with Gasteiger partial charge in [0.05, 0.1) is 22.3 Å². The first-order chi connectivity index (χ1) is 13.8. The Balaban J connectivity index is 1.70. The zero-order valence-corrected chi connectivity index (χ0v) is 16.8. The molecule has 7 nitrogen and oxygen atoms in total. The number of benzene rings is 2. The normalized spacial score (nSPS) is 19.2. The summed E-state index contributed by atoms with van der Waals surface area (Å²) >= 11 is -1.67. The van der Waals surface area contributed by atoms with Crippen LogP contribution in [-0.2, 0) is 16.2 Å². The van der Waals surface area contributed by atoms with Crippen LogP contribution in [0.25, 0.3) is 11.0 Å². The van der Waals surface area contributed by atoms with Crippen LogP contribution in [0.5, 0.6) is 0 Å². The highest BCUT2D eigenvalue weighted by atomic mass is 32.2. The van der Waals surface area contributed by atoms with Crippen molar-refractivity contribution >= 4 is 39.7 Å². The first-order valence-corrected chi connectivity index (χ1v) is 10.0. The Morgan fingerprint density at radius 1 is 1.17 bits per heavy atom. The third kappa shape index (κ3) is 3.15. The highest BCUT2D eigenvalue weighted by molar-refractivity contribution is 7.89. The number of ketones is 1. The molecule has 1 N–H and O–H groups in total. The Morgan fingerprint density at radius 2 is 1.86 bits per heavy atom. The van der Waals surface area contributed by atoms with E-state index in [2.05, 4.69) is 5.32 Å². The van der Waals surface area contributed by atoms with Crippen molar-refractivity contribution in [3.8, 4) is 0 Å². The average Bonchev–Trinajstić information content (AvgIpc) is 2.70. The van der Waals surface area contributed by atoms with Crippen LogP contribution in [0.2, 0.25) is 0 Å². The zero-order chi connectivity index (χ0) is 20.9. The molecule has 2 aromatic carbocycles. The SMILES string of the molecule is Cc1cc2occ(NC(=O)C3C(=O)c4ccccc4[S+]([O-])N3C)c(=O)c2cc1C. The minimum Gasteiger partial charge on any atom is -0.593 e. The maximum absolute atomic E-state index is 12.9. The number of carbonyl (C=O) groups is 2. The summed E-state index contributed by atoms with van der Waals surface area (Å²) in [5.74, 6) is -1.22. The molecule has 0 saturated heterocycles. The monoisotopic (exact) mass is 410 g/mol. The van der Waals surface area contributed by atoms with Crippen molar-refractivity contribution in [2.24, 2.45) is 0 Å². The van der Waals surface area contributed by atoms with Crippen LogP contribution in [-0.4, -0.2) is 33.6 Å². The number of hydrogen-bond acceptors (Lipinski definition) is 6. The van der Waals surface area contributed by atoms with Gasteiger partial charge >= 0.3 is 0 Å². The van der Waals surface area contributed by atoms with E-state index in [0.717, 1.165) is 17.4 Å². The van der Waals surface area contributed by atoms with E-state index in [9.17, 15) is 18.9 Å². The van der Waals surface area contributed by atoms with Gasteiger partial charge in [0.25, 0.3) is 5.91 Å². The molecular formula is C21H18N2O5S. The number of likely N-dealkylation sites (N-methyl/N-ethyl adjacent to an activating group) is 1. The minimum atomic E-state index is -1.67. The molecule has 0 spiro atoms. The largest absolute Gasteiger partial charge is 0.593 e. The summed E-state index contributed by atoms with van der Waals surface area (Å²) in [6, 6.07) is 8.61. The molecule has 0 saturated carbocycles. The standard InChI is InChI=1S/C21H18N2O5S/c1-11-8-14-16(9-12(11)2)28-10-15(19(14)24)22-21(26)18-20(25)13-6-4-5-7-17(13)29(27)23(18)3/h4-10,18H,1-3H3,(H,22,26). The minimum absolute atomic E-state index is 0.0726. The van der Waals surface area contributed by atoms with Gasteiger partial charge in [-0.05, 0) is 49.2 Å². The van der Waals surface area contributed by atoms with E-state index in [1.807, 2.05) is 13.8 Å². The van der Waals surface area contributed by atoms with Crippen molar-refractivity contribution in [3.63, 3.8) is 0 Å². The number of hydrogen-bond donors (Lipinski definition) is 1. The molecule has 148 valence electrons. The number of amides is 1. The molecule has 1 aromatic heterocycles. The number of nitrogens with one attached hydrogen (secondary N) is 1. The summed E-state index contributed by atoms with van der Waals surface area (Å²) in [5.41, 5.74) is 2.07. The summed E-state index contributed by atoms with van der Waals surface area (Å²) in [4.78, 5) is 38.9. The second-order valence-electron chi connectivity index (χ2n) is 6.96. The maximum atomic E-state index is 12.9. The van der Waals surface area contributed by atoms with E-state index >= 15 is 0 Å². The lowest BCUT2D eigenvalue weighted by molar-refractivity contribution is -0.118. The van der Waals surface area contributed by atoms with Crippen molar-refractivity contribution < 1.29 is 18.6 Å². The number of aryl methyl sites for hydroxylation is 2. The summed E-state index contributed by atoms with van der Waals surface area (Å²) in [7, 11) is 1.43.